The van der Waals surface area contributed by atoms with Crippen LogP contribution in [0.15, 0.2) is 0 Å². The molecule has 0 bridgehead atoms. The van der Waals surface area contributed by atoms with E-state index in [1.807, 2.05) is 6.92 Å². The fraction of sp³-hybridized carbons (Fsp3) is 0.889. The SMILES string of the molecule is CC(N)CC(=O)NC1CCN(C)C1. The van der Waals surface area contributed by atoms with E-state index in [9.17, 15) is 4.79 Å². The number of nitrogens with two attached hydrogens (primary N) is 1. The number of hydrogen-bond acceptors (Lipinski definition) is 3. The molecule has 0 radical (unpaired) electrons. The first kappa shape index (κ1) is 10.5. The number of nitrogens with zero attached hydrogens (tertiary/aromatic N) is 1. The van der Waals surface area contributed by atoms with Gasteiger partial charge in [-0.25, -0.2) is 0 Å². The first-order valence-electron chi connectivity index (χ1n) is 4.81. The van der Waals surface area contributed by atoms with E-state index in [4.69, 9.17) is 5.73 Å². The average molecular weight is 185 g/mol. The molecule has 13 heavy (non-hydrogen) atoms. The predicted octanol–water partition coefficient (Wildman–Crippen LogP) is -0.456. The molecule has 0 aromatic carbocycles. The summed E-state index contributed by atoms with van der Waals surface area (Å²) < 4.78 is 0. The van der Waals surface area contributed by atoms with Crippen LogP contribution in [0.5, 0.6) is 0 Å². The summed E-state index contributed by atoms with van der Waals surface area (Å²) in [4.78, 5) is 13.5. The zero-order valence-corrected chi connectivity index (χ0v) is 8.42. The molecule has 2 unspecified atom stereocenters. The third-order valence-corrected chi connectivity index (χ3v) is 2.26. The Balaban J connectivity index is 2.21. The van der Waals surface area contributed by atoms with Gasteiger partial charge in [0.25, 0.3) is 0 Å². The van der Waals surface area contributed by atoms with Crippen molar-refractivity contribution in [3.05, 3.63) is 0 Å². The van der Waals surface area contributed by atoms with Crippen molar-refractivity contribution < 1.29 is 4.79 Å². The smallest absolute Gasteiger partial charge is 0.221 e. The number of likely N-dealkylation sites (N-methyl/N-ethyl adjacent to an activating group) is 1. The lowest BCUT2D eigenvalue weighted by Crippen LogP contribution is -2.38. The van der Waals surface area contributed by atoms with Gasteiger partial charge in [-0.3, -0.25) is 4.79 Å². The largest absolute Gasteiger partial charge is 0.352 e. The molecule has 1 aliphatic heterocycles. The molecule has 0 aromatic heterocycles. The lowest BCUT2D eigenvalue weighted by Gasteiger charge is -2.13. The number of amides is 1. The highest BCUT2D eigenvalue weighted by Crippen LogP contribution is 2.06. The summed E-state index contributed by atoms with van der Waals surface area (Å²) in [6, 6.07) is 0.287. The Morgan fingerprint density at radius 1 is 1.77 bits per heavy atom. The minimum absolute atomic E-state index is 0.0425. The molecule has 1 aliphatic rings. The number of hydrogen-bond donors (Lipinski definition) is 2. The maximum Gasteiger partial charge on any atom is 0.221 e. The van der Waals surface area contributed by atoms with Gasteiger partial charge in [0.05, 0.1) is 0 Å². The molecule has 76 valence electrons. The highest BCUT2D eigenvalue weighted by atomic mass is 16.1. The summed E-state index contributed by atoms with van der Waals surface area (Å²) >= 11 is 0. The minimum Gasteiger partial charge on any atom is -0.352 e. The first-order chi connectivity index (χ1) is 6.08. The number of carbonyl (C=O) groups is 1. The molecule has 1 heterocycles. The fourth-order valence-electron chi connectivity index (χ4n) is 1.63. The van der Waals surface area contributed by atoms with Crippen molar-refractivity contribution in [3.8, 4) is 0 Å². The van der Waals surface area contributed by atoms with Crippen molar-refractivity contribution in [2.24, 2.45) is 5.73 Å². The number of nitrogens with one attached hydrogen (secondary N) is 1. The van der Waals surface area contributed by atoms with Crippen molar-refractivity contribution in [2.75, 3.05) is 20.1 Å². The van der Waals surface area contributed by atoms with Crippen LogP contribution in [0.3, 0.4) is 0 Å². The van der Waals surface area contributed by atoms with Crippen LogP contribution in [0.1, 0.15) is 19.8 Å². The van der Waals surface area contributed by atoms with Crippen LogP contribution in [-0.4, -0.2) is 43.0 Å². The Hall–Kier alpha value is -0.610. The molecule has 0 spiro atoms. The molecule has 4 heteroatoms. The van der Waals surface area contributed by atoms with Crippen molar-refractivity contribution in [1.29, 1.82) is 0 Å². The number of likely N-dealkylation sites (tertiary alicyclic amines) is 1. The van der Waals surface area contributed by atoms with Gasteiger partial charge in [-0.05, 0) is 26.9 Å². The van der Waals surface area contributed by atoms with Gasteiger partial charge in [0.1, 0.15) is 0 Å². The van der Waals surface area contributed by atoms with Gasteiger partial charge in [0, 0.05) is 25.0 Å². The van der Waals surface area contributed by atoms with Crippen molar-refractivity contribution >= 4 is 5.91 Å². The van der Waals surface area contributed by atoms with Gasteiger partial charge < -0.3 is 16.0 Å². The van der Waals surface area contributed by atoms with E-state index in [-0.39, 0.29) is 11.9 Å². The first-order valence-corrected chi connectivity index (χ1v) is 4.81. The van der Waals surface area contributed by atoms with E-state index < -0.39 is 0 Å². The van der Waals surface area contributed by atoms with Crippen LogP contribution in [0.2, 0.25) is 0 Å². The van der Waals surface area contributed by atoms with E-state index in [1.165, 1.54) is 0 Å². The maximum atomic E-state index is 11.3. The van der Waals surface area contributed by atoms with Crippen LogP contribution in [0.25, 0.3) is 0 Å². The van der Waals surface area contributed by atoms with E-state index in [0.717, 1.165) is 19.5 Å². The van der Waals surface area contributed by atoms with E-state index >= 15 is 0 Å². The van der Waals surface area contributed by atoms with Crippen LogP contribution in [0.4, 0.5) is 0 Å². The molecule has 1 amide bonds. The Kier molecular flexibility index (Phi) is 3.69. The summed E-state index contributed by atoms with van der Waals surface area (Å²) in [5, 5.41) is 2.98. The van der Waals surface area contributed by atoms with Crippen LogP contribution < -0.4 is 11.1 Å². The zero-order chi connectivity index (χ0) is 9.84. The molecule has 1 fully saturated rings. The molecule has 0 aromatic rings. The Labute approximate surface area is 79.5 Å². The normalized spacial score (nSPS) is 25.9. The van der Waals surface area contributed by atoms with Crippen LogP contribution >= 0.6 is 0 Å². The topological polar surface area (TPSA) is 58.4 Å². The van der Waals surface area contributed by atoms with Crippen LogP contribution in [-0.2, 0) is 4.79 Å². The highest BCUT2D eigenvalue weighted by Gasteiger charge is 2.20. The Morgan fingerprint density at radius 3 is 2.92 bits per heavy atom. The maximum absolute atomic E-state index is 11.3. The molecular formula is C9H19N3O. The lowest BCUT2D eigenvalue weighted by molar-refractivity contribution is -0.121. The standard InChI is InChI=1S/C9H19N3O/c1-7(10)5-9(13)11-8-3-4-12(2)6-8/h7-8H,3-6,10H2,1-2H3,(H,11,13). The van der Waals surface area contributed by atoms with Gasteiger partial charge in [0.15, 0.2) is 0 Å². The summed E-state index contributed by atoms with van der Waals surface area (Å²) in [5.74, 6) is 0.0790. The minimum atomic E-state index is -0.0425. The molecule has 2 atom stereocenters. The van der Waals surface area contributed by atoms with Crippen molar-refractivity contribution in [3.63, 3.8) is 0 Å². The zero-order valence-electron chi connectivity index (χ0n) is 8.42. The second-order valence-corrected chi connectivity index (χ2v) is 4.00. The van der Waals surface area contributed by atoms with Crippen molar-refractivity contribution in [1.82, 2.24) is 10.2 Å². The second-order valence-electron chi connectivity index (χ2n) is 4.00. The van der Waals surface area contributed by atoms with Crippen molar-refractivity contribution in [2.45, 2.75) is 31.8 Å². The Morgan fingerprint density at radius 2 is 2.46 bits per heavy atom. The van der Waals surface area contributed by atoms with Gasteiger partial charge in [-0.2, -0.15) is 0 Å². The average Bonchev–Trinajstić information content (AvgIpc) is 2.33. The van der Waals surface area contributed by atoms with E-state index in [0.29, 0.717) is 12.5 Å². The summed E-state index contributed by atoms with van der Waals surface area (Å²) in [6.45, 7) is 3.88. The van der Waals surface area contributed by atoms with Gasteiger partial charge in [-0.1, -0.05) is 0 Å². The molecular weight excluding hydrogens is 166 g/mol. The fourth-order valence-corrected chi connectivity index (χ4v) is 1.63. The Bertz CT molecular complexity index is 182. The lowest BCUT2D eigenvalue weighted by atomic mass is 10.2. The van der Waals surface area contributed by atoms with E-state index in [2.05, 4.69) is 17.3 Å². The summed E-state index contributed by atoms with van der Waals surface area (Å²) in [7, 11) is 2.07. The molecule has 1 saturated heterocycles. The van der Waals surface area contributed by atoms with Gasteiger partial charge >= 0.3 is 0 Å². The third-order valence-electron chi connectivity index (χ3n) is 2.26. The molecule has 1 rings (SSSR count). The molecule has 0 aliphatic carbocycles. The molecule has 3 N–H and O–H groups in total. The second kappa shape index (κ2) is 4.58. The number of rotatable bonds is 3. The summed E-state index contributed by atoms with van der Waals surface area (Å²) in [6.07, 6.45) is 1.49. The summed E-state index contributed by atoms with van der Waals surface area (Å²) in [5.41, 5.74) is 5.52. The molecule has 4 nitrogen and oxygen atoms in total. The number of carbonyl (C=O) groups excluding carboxylic acids is 1. The van der Waals surface area contributed by atoms with Gasteiger partial charge in [-0.15, -0.1) is 0 Å². The van der Waals surface area contributed by atoms with Crippen LogP contribution in [0, 0.1) is 0 Å². The van der Waals surface area contributed by atoms with Gasteiger partial charge in [0.2, 0.25) is 5.91 Å². The predicted molar refractivity (Wildman–Crippen MR) is 52.3 cm³/mol. The van der Waals surface area contributed by atoms with E-state index in [1.54, 1.807) is 0 Å². The monoisotopic (exact) mass is 185 g/mol. The third kappa shape index (κ3) is 3.74. The quantitative estimate of drug-likeness (QED) is 0.626. The molecule has 0 saturated carbocycles. The highest BCUT2D eigenvalue weighted by molar-refractivity contribution is 5.76.